The van der Waals surface area contributed by atoms with Crippen molar-refractivity contribution in [2.24, 2.45) is 5.92 Å². The average Bonchev–Trinajstić information content (AvgIpc) is 2.82. The zero-order chi connectivity index (χ0) is 21.8. The van der Waals surface area contributed by atoms with E-state index in [4.69, 9.17) is 4.74 Å². The van der Waals surface area contributed by atoms with Gasteiger partial charge in [0, 0.05) is 30.4 Å². The fraction of sp³-hybridized carbons (Fsp3) is 0.348. The van der Waals surface area contributed by atoms with Crippen molar-refractivity contribution >= 4 is 35.2 Å². The van der Waals surface area contributed by atoms with Crippen molar-refractivity contribution in [1.29, 1.82) is 0 Å². The topological polar surface area (TPSA) is 87.7 Å². The summed E-state index contributed by atoms with van der Waals surface area (Å²) in [5.74, 6) is 0.141. The van der Waals surface area contributed by atoms with E-state index >= 15 is 0 Å². The van der Waals surface area contributed by atoms with Gasteiger partial charge in [-0.2, -0.15) is 0 Å². The number of fused-ring (bicyclic) bond motifs is 1. The van der Waals surface area contributed by atoms with Gasteiger partial charge in [-0.1, -0.05) is 24.3 Å². The maximum Gasteiger partial charge on any atom is 0.247 e. The molecule has 2 heterocycles. The number of nitrogens with one attached hydrogen (secondary N) is 2. The molecule has 2 aliphatic heterocycles. The number of carbonyl (C=O) groups is 3. The van der Waals surface area contributed by atoms with Crippen molar-refractivity contribution in [3.8, 4) is 5.75 Å². The minimum Gasteiger partial charge on any atom is -0.497 e. The normalized spacial score (nSPS) is 18.7. The molecule has 1 atom stereocenters. The van der Waals surface area contributed by atoms with Gasteiger partial charge < -0.3 is 20.3 Å². The molecule has 0 aliphatic carbocycles. The second-order valence-electron chi connectivity index (χ2n) is 7.65. The first-order valence-electron chi connectivity index (χ1n) is 10.3. The number of hydrogen-bond acceptors (Lipinski definition) is 5. The molecule has 7 nitrogen and oxygen atoms in total. The van der Waals surface area contributed by atoms with Gasteiger partial charge in [0.05, 0.1) is 12.8 Å². The number of thioether (sulfide) groups is 1. The van der Waals surface area contributed by atoms with Crippen LogP contribution < -0.4 is 15.4 Å². The summed E-state index contributed by atoms with van der Waals surface area (Å²) in [6.45, 7) is 1.39. The number of ether oxygens (including phenoxy) is 1. The van der Waals surface area contributed by atoms with Crippen molar-refractivity contribution in [3.05, 3.63) is 54.1 Å². The van der Waals surface area contributed by atoms with Crippen LogP contribution in [-0.4, -0.2) is 48.1 Å². The van der Waals surface area contributed by atoms with Crippen LogP contribution in [0.2, 0.25) is 0 Å². The standard InChI is InChI=1S/C23H25N3O4S/c1-30-17-6-4-5-15(13-17)14-24-21(27)16-9-11-26(12-10-16)23(29)20-22(28)25-18-7-2-3-8-19(18)31-20/h2-8,13,16,20H,9-12,14H2,1H3,(H,24,27)(H,25,28). The van der Waals surface area contributed by atoms with E-state index in [-0.39, 0.29) is 23.6 Å². The summed E-state index contributed by atoms with van der Waals surface area (Å²) in [5, 5.41) is 5.01. The van der Waals surface area contributed by atoms with Gasteiger partial charge in [-0.25, -0.2) is 0 Å². The molecule has 3 amide bonds. The lowest BCUT2D eigenvalue weighted by Gasteiger charge is -2.34. The highest BCUT2D eigenvalue weighted by molar-refractivity contribution is 8.01. The number of likely N-dealkylation sites (tertiary alicyclic amines) is 1. The predicted octanol–water partition coefficient (Wildman–Crippen LogP) is 2.66. The number of anilines is 1. The van der Waals surface area contributed by atoms with Crippen LogP contribution in [0.4, 0.5) is 5.69 Å². The molecule has 0 saturated carbocycles. The first-order chi connectivity index (χ1) is 15.0. The summed E-state index contributed by atoms with van der Waals surface area (Å²) in [5.41, 5.74) is 1.72. The Morgan fingerprint density at radius 3 is 2.71 bits per heavy atom. The van der Waals surface area contributed by atoms with E-state index in [1.807, 2.05) is 48.5 Å². The first kappa shape index (κ1) is 21.2. The molecule has 4 rings (SSSR count). The number of piperidine rings is 1. The Bertz CT molecular complexity index is 988. The minimum atomic E-state index is -0.784. The van der Waals surface area contributed by atoms with E-state index < -0.39 is 5.25 Å². The Labute approximate surface area is 185 Å². The zero-order valence-electron chi connectivity index (χ0n) is 17.3. The molecule has 162 valence electrons. The van der Waals surface area contributed by atoms with Gasteiger partial charge >= 0.3 is 0 Å². The second-order valence-corrected chi connectivity index (χ2v) is 8.80. The Kier molecular flexibility index (Phi) is 6.46. The van der Waals surface area contributed by atoms with Crippen LogP contribution in [0, 0.1) is 5.92 Å². The quantitative estimate of drug-likeness (QED) is 0.700. The Morgan fingerprint density at radius 2 is 1.94 bits per heavy atom. The van der Waals surface area contributed by atoms with E-state index in [2.05, 4.69) is 10.6 Å². The highest BCUT2D eigenvalue weighted by Gasteiger charge is 2.37. The van der Waals surface area contributed by atoms with Gasteiger partial charge in [0.25, 0.3) is 0 Å². The largest absolute Gasteiger partial charge is 0.497 e. The molecule has 2 aromatic rings. The molecule has 1 saturated heterocycles. The van der Waals surface area contributed by atoms with Gasteiger partial charge in [0.2, 0.25) is 17.7 Å². The number of carbonyl (C=O) groups excluding carboxylic acids is 3. The first-order valence-corrected chi connectivity index (χ1v) is 11.2. The monoisotopic (exact) mass is 439 g/mol. The molecular weight excluding hydrogens is 414 g/mol. The van der Waals surface area contributed by atoms with E-state index in [1.54, 1.807) is 12.0 Å². The number of methoxy groups -OCH3 is 1. The average molecular weight is 440 g/mol. The summed E-state index contributed by atoms with van der Waals surface area (Å²) in [4.78, 5) is 40.6. The Balaban J connectivity index is 1.28. The van der Waals surface area contributed by atoms with Gasteiger partial charge in [-0.3, -0.25) is 14.4 Å². The van der Waals surface area contributed by atoms with Crippen LogP contribution in [0.1, 0.15) is 18.4 Å². The lowest BCUT2D eigenvalue weighted by molar-refractivity contribution is -0.137. The number of hydrogen-bond donors (Lipinski definition) is 2. The molecule has 0 bridgehead atoms. The number of nitrogens with zero attached hydrogens (tertiary/aromatic N) is 1. The van der Waals surface area contributed by atoms with Crippen LogP contribution in [0.15, 0.2) is 53.4 Å². The SMILES string of the molecule is COc1cccc(CNC(=O)C2CCN(C(=O)C3Sc4ccccc4NC3=O)CC2)c1. The molecule has 8 heteroatoms. The van der Waals surface area contributed by atoms with Crippen LogP contribution >= 0.6 is 11.8 Å². The Morgan fingerprint density at radius 1 is 1.16 bits per heavy atom. The van der Waals surface area contributed by atoms with Crippen LogP contribution in [0.25, 0.3) is 0 Å². The van der Waals surface area contributed by atoms with Gasteiger partial charge in [-0.15, -0.1) is 11.8 Å². The fourth-order valence-corrected chi connectivity index (χ4v) is 4.93. The minimum absolute atomic E-state index is 0.00590. The lowest BCUT2D eigenvalue weighted by atomic mass is 9.95. The van der Waals surface area contributed by atoms with Crippen LogP contribution in [-0.2, 0) is 20.9 Å². The highest BCUT2D eigenvalue weighted by Crippen LogP contribution is 2.36. The maximum absolute atomic E-state index is 13.0. The molecule has 1 fully saturated rings. The molecule has 0 aromatic heterocycles. The molecular formula is C23H25N3O4S. The van der Waals surface area contributed by atoms with E-state index in [1.165, 1.54) is 11.8 Å². The van der Waals surface area contributed by atoms with E-state index in [0.717, 1.165) is 21.9 Å². The van der Waals surface area contributed by atoms with Crippen LogP contribution in [0.3, 0.4) is 0 Å². The molecule has 0 radical (unpaired) electrons. The highest BCUT2D eigenvalue weighted by atomic mass is 32.2. The summed E-state index contributed by atoms with van der Waals surface area (Å²) >= 11 is 1.29. The Hall–Kier alpha value is -3.00. The van der Waals surface area contributed by atoms with Crippen molar-refractivity contribution in [3.63, 3.8) is 0 Å². The number of rotatable bonds is 5. The number of benzene rings is 2. The summed E-state index contributed by atoms with van der Waals surface area (Å²) in [7, 11) is 1.61. The van der Waals surface area contributed by atoms with Gasteiger partial charge in [0.15, 0.2) is 5.25 Å². The third-order valence-electron chi connectivity index (χ3n) is 5.63. The van der Waals surface area contributed by atoms with E-state index in [0.29, 0.717) is 32.5 Å². The second kappa shape index (κ2) is 9.43. The molecule has 0 spiro atoms. The van der Waals surface area contributed by atoms with E-state index in [9.17, 15) is 14.4 Å². The number of amides is 3. The molecule has 2 aliphatic rings. The smallest absolute Gasteiger partial charge is 0.247 e. The molecule has 1 unspecified atom stereocenters. The third kappa shape index (κ3) is 4.85. The van der Waals surface area contributed by atoms with Crippen molar-refractivity contribution < 1.29 is 19.1 Å². The van der Waals surface area contributed by atoms with Crippen molar-refractivity contribution in [2.75, 3.05) is 25.5 Å². The van der Waals surface area contributed by atoms with Crippen molar-refractivity contribution in [2.45, 2.75) is 29.5 Å². The summed E-state index contributed by atoms with van der Waals surface area (Å²) < 4.78 is 5.21. The lowest BCUT2D eigenvalue weighted by Crippen LogP contribution is -2.49. The summed E-state index contributed by atoms with van der Waals surface area (Å²) in [6.07, 6.45) is 1.18. The summed E-state index contributed by atoms with van der Waals surface area (Å²) in [6, 6.07) is 15.1. The predicted molar refractivity (Wildman–Crippen MR) is 119 cm³/mol. The molecule has 31 heavy (non-hydrogen) atoms. The zero-order valence-corrected chi connectivity index (χ0v) is 18.1. The van der Waals surface area contributed by atoms with Gasteiger partial charge in [0.1, 0.15) is 5.75 Å². The maximum atomic E-state index is 13.0. The van der Waals surface area contributed by atoms with Gasteiger partial charge in [-0.05, 0) is 42.7 Å². The van der Waals surface area contributed by atoms with Crippen LogP contribution in [0.5, 0.6) is 5.75 Å². The van der Waals surface area contributed by atoms with Crippen molar-refractivity contribution in [1.82, 2.24) is 10.2 Å². The number of para-hydroxylation sites is 1. The third-order valence-corrected chi connectivity index (χ3v) is 6.89. The fourth-order valence-electron chi connectivity index (χ4n) is 3.86. The molecule has 2 N–H and O–H groups in total. The molecule has 2 aromatic carbocycles.